The van der Waals surface area contributed by atoms with Gasteiger partial charge >= 0.3 is 0 Å². The molecule has 0 spiro atoms. The van der Waals surface area contributed by atoms with Gasteiger partial charge in [0.1, 0.15) is 6.10 Å². The average molecular weight is 380 g/mol. The molecule has 0 saturated carbocycles. The predicted molar refractivity (Wildman–Crippen MR) is 95.7 cm³/mol. The van der Waals surface area contributed by atoms with E-state index in [1.165, 1.54) is 16.1 Å². The molecule has 9 heteroatoms. The summed E-state index contributed by atoms with van der Waals surface area (Å²) in [6.45, 7) is 3.58. The van der Waals surface area contributed by atoms with Crippen LogP contribution in [-0.2, 0) is 21.3 Å². The molecule has 8 nitrogen and oxygen atoms in total. The van der Waals surface area contributed by atoms with E-state index in [0.717, 1.165) is 6.54 Å². The van der Waals surface area contributed by atoms with Crippen LogP contribution < -0.4 is 0 Å². The predicted octanol–water partition coefficient (Wildman–Crippen LogP) is 1.60. The first-order valence-corrected chi connectivity index (χ1v) is 10.3. The number of nitrogens with zero attached hydrogens (tertiary/aromatic N) is 4. The molecule has 142 valence electrons. The lowest BCUT2D eigenvalue weighted by Gasteiger charge is -2.29. The third kappa shape index (κ3) is 4.47. The zero-order chi connectivity index (χ0) is 18.7. The van der Waals surface area contributed by atoms with Crippen molar-refractivity contribution in [3.63, 3.8) is 0 Å². The Balaban J connectivity index is 1.67. The van der Waals surface area contributed by atoms with Gasteiger partial charge in [-0.15, -0.1) is 10.2 Å². The Morgan fingerprint density at radius 1 is 1.31 bits per heavy atom. The Bertz CT molecular complexity index is 824. The highest BCUT2D eigenvalue weighted by Gasteiger charge is 2.31. The fourth-order valence-electron chi connectivity index (χ4n) is 2.82. The molecule has 1 aliphatic rings. The lowest BCUT2D eigenvalue weighted by molar-refractivity contribution is -0.0182. The van der Waals surface area contributed by atoms with Crippen molar-refractivity contribution in [3.8, 4) is 0 Å². The molecule has 3 rings (SSSR count). The second kappa shape index (κ2) is 7.83. The smallest absolute Gasteiger partial charge is 0.246 e. The first-order chi connectivity index (χ1) is 12.3. The number of hydrogen-bond donors (Lipinski definition) is 0. The first kappa shape index (κ1) is 19.0. The van der Waals surface area contributed by atoms with Gasteiger partial charge in [-0.3, -0.25) is 4.90 Å². The molecule has 26 heavy (non-hydrogen) atoms. The molecule has 0 radical (unpaired) electrons. The van der Waals surface area contributed by atoms with Crippen molar-refractivity contribution in [2.75, 3.05) is 33.0 Å². The molecule has 0 bridgehead atoms. The van der Waals surface area contributed by atoms with E-state index in [1.54, 1.807) is 0 Å². The van der Waals surface area contributed by atoms with Crippen LogP contribution in [-0.4, -0.2) is 60.8 Å². The molecule has 0 unspecified atom stereocenters. The molecular weight excluding hydrogens is 356 g/mol. The fourth-order valence-corrected chi connectivity index (χ4v) is 3.63. The van der Waals surface area contributed by atoms with E-state index in [-0.39, 0.29) is 12.6 Å². The van der Waals surface area contributed by atoms with Crippen LogP contribution in [0.4, 0.5) is 0 Å². The number of hydrogen-bond acceptors (Lipinski definition) is 7. The van der Waals surface area contributed by atoms with Gasteiger partial charge in [0, 0.05) is 19.6 Å². The van der Waals surface area contributed by atoms with Crippen LogP contribution in [0.25, 0.3) is 0 Å². The fraction of sp³-hybridized carbons (Fsp3) is 0.529. The molecule has 1 fully saturated rings. The highest BCUT2D eigenvalue weighted by molar-refractivity contribution is 7.88. The summed E-state index contributed by atoms with van der Waals surface area (Å²) in [6, 6.07) is 10.1. The van der Waals surface area contributed by atoms with Gasteiger partial charge in [-0.1, -0.05) is 30.3 Å². The van der Waals surface area contributed by atoms with Crippen molar-refractivity contribution in [1.82, 2.24) is 19.4 Å². The second-order valence-corrected chi connectivity index (χ2v) is 8.52. The van der Waals surface area contributed by atoms with E-state index in [1.807, 2.05) is 32.2 Å². The van der Waals surface area contributed by atoms with Gasteiger partial charge in [-0.25, -0.2) is 8.42 Å². The van der Waals surface area contributed by atoms with E-state index < -0.39 is 16.1 Å². The van der Waals surface area contributed by atoms with Gasteiger partial charge in [0.15, 0.2) is 0 Å². The molecule has 1 saturated heterocycles. The summed E-state index contributed by atoms with van der Waals surface area (Å²) in [5.41, 5.74) is 1.20. The summed E-state index contributed by atoms with van der Waals surface area (Å²) >= 11 is 0. The normalized spacial score (nSPS) is 20.4. The van der Waals surface area contributed by atoms with Crippen LogP contribution in [0.2, 0.25) is 0 Å². The van der Waals surface area contributed by atoms with Gasteiger partial charge in [-0.2, -0.15) is 4.31 Å². The third-order valence-electron chi connectivity index (χ3n) is 4.52. The third-order valence-corrected chi connectivity index (χ3v) is 5.79. The number of ether oxygens (including phenoxy) is 1. The molecule has 0 N–H and O–H groups in total. The molecule has 2 atom stereocenters. The summed E-state index contributed by atoms with van der Waals surface area (Å²) in [5, 5.41) is 8.21. The van der Waals surface area contributed by atoms with Crippen molar-refractivity contribution in [1.29, 1.82) is 0 Å². The SMILES string of the molecule is C[C@@H](c1nnc([C@@H]2CN(S(C)(=O)=O)CCO2)o1)N(C)Cc1ccccc1. The molecule has 2 heterocycles. The van der Waals surface area contributed by atoms with Gasteiger partial charge in [0.2, 0.25) is 21.8 Å². The van der Waals surface area contributed by atoms with Crippen LogP contribution in [0.5, 0.6) is 0 Å². The Kier molecular flexibility index (Phi) is 5.71. The topological polar surface area (TPSA) is 88.8 Å². The zero-order valence-corrected chi connectivity index (χ0v) is 16.0. The quantitative estimate of drug-likeness (QED) is 0.752. The Hall–Kier alpha value is -1.81. The zero-order valence-electron chi connectivity index (χ0n) is 15.2. The number of morpholine rings is 1. The maximum absolute atomic E-state index is 11.7. The molecule has 1 aromatic carbocycles. The summed E-state index contributed by atoms with van der Waals surface area (Å²) in [4.78, 5) is 2.11. The van der Waals surface area contributed by atoms with Gasteiger partial charge in [-0.05, 0) is 19.5 Å². The number of aromatic nitrogens is 2. The highest BCUT2D eigenvalue weighted by Crippen LogP contribution is 2.26. The van der Waals surface area contributed by atoms with Crippen LogP contribution in [0, 0.1) is 0 Å². The molecule has 1 aromatic heterocycles. The minimum absolute atomic E-state index is 0.0777. The maximum atomic E-state index is 11.7. The molecule has 1 aliphatic heterocycles. The van der Waals surface area contributed by atoms with Gasteiger partial charge in [0.25, 0.3) is 0 Å². The Morgan fingerprint density at radius 3 is 2.73 bits per heavy atom. The monoisotopic (exact) mass is 380 g/mol. The van der Waals surface area contributed by atoms with E-state index in [2.05, 4.69) is 27.2 Å². The largest absolute Gasteiger partial charge is 0.421 e. The first-order valence-electron chi connectivity index (χ1n) is 8.49. The summed E-state index contributed by atoms with van der Waals surface area (Å²) in [6.07, 6.45) is 0.654. The number of rotatable bonds is 6. The van der Waals surface area contributed by atoms with Crippen LogP contribution in [0.3, 0.4) is 0 Å². The van der Waals surface area contributed by atoms with Crippen molar-refractivity contribution < 1.29 is 17.6 Å². The van der Waals surface area contributed by atoms with Gasteiger partial charge in [0.05, 0.1) is 18.9 Å². The maximum Gasteiger partial charge on any atom is 0.246 e. The van der Waals surface area contributed by atoms with Crippen molar-refractivity contribution in [2.45, 2.75) is 25.6 Å². The standard InChI is InChI=1S/C17H24N4O4S/c1-13(20(2)11-14-7-5-4-6-8-14)16-18-19-17(25-16)15-12-21(9-10-24-15)26(3,22)23/h4-8,13,15H,9-12H2,1-3H3/t13-,15-/m0/s1. The number of benzene rings is 1. The second-order valence-electron chi connectivity index (χ2n) is 6.54. The Labute approximate surface area is 153 Å². The van der Waals surface area contributed by atoms with E-state index in [4.69, 9.17) is 9.15 Å². The van der Waals surface area contributed by atoms with Crippen molar-refractivity contribution in [3.05, 3.63) is 47.7 Å². The minimum Gasteiger partial charge on any atom is -0.421 e. The lowest BCUT2D eigenvalue weighted by atomic mass is 10.2. The van der Waals surface area contributed by atoms with Crippen molar-refractivity contribution >= 4 is 10.0 Å². The summed E-state index contributed by atoms with van der Waals surface area (Å²) in [7, 11) is -1.28. The summed E-state index contributed by atoms with van der Waals surface area (Å²) < 4.78 is 36.3. The summed E-state index contributed by atoms with van der Waals surface area (Å²) in [5.74, 6) is 0.798. The molecule has 0 amide bonds. The molecule has 2 aromatic rings. The van der Waals surface area contributed by atoms with E-state index in [0.29, 0.717) is 24.9 Å². The highest BCUT2D eigenvalue weighted by atomic mass is 32.2. The molecular formula is C17H24N4O4S. The van der Waals surface area contributed by atoms with E-state index >= 15 is 0 Å². The average Bonchev–Trinajstić information content (AvgIpc) is 3.11. The number of sulfonamides is 1. The van der Waals surface area contributed by atoms with Crippen LogP contribution >= 0.6 is 0 Å². The van der Waals surface area contributed by atoms with Crippen LogP contribution in [0.15, 0.2) is 34.7 Å². The van der Waals surface area contributed by atoms with E-state index in [9.17, 15) is 8.42 Å². The van der Waals surface area contributed by atoms with Gasteiger partial charge < -0.3 is 9.15 Å². The Morgan fingerprint density at radius 2 is 2.04 bits per heavy atom. The molecule has 0 aliphatic carbocycles. The lowest BCUT2D eigenvalue weighted by Crippen LogP contribution is -2.41. The minimum atomic E-state index is -3.27. The van der Waals surface area contributed by atoms with Crippen molar-refractivity contribution in [2.24, 2.45) is 0 Å². The van der Waals surface area contributed by atoms with Crippen LogP contribution in [0.1, 0.15) is 36.4 Å².